The van der Waals surface area contributed by atoms with Gasteiger partial charge in [-0.1, -0.05) is 0 Å². The predicted octanol–water partition coefficient (Wildman–Crippen LogP) is 2.20. The van der Waals surface area contributed by atoms with Crippen LogP contribution in [0.5, 0.6) is 5.75 Å². The summed E-state index contributed by atoms with van der Waals surface area (Å²) in [4.78, 5) is 19.9. The van der Waals surface area contributed by atoms with E-state index in [1.54, 1.807) is 12.1 Å². The molecule has 1 aromatic carbocycles. The van der Waals surface area contributed by atoms with Crippen molar-refractivity contribution in [2.45, 2.75) is 38.1 Å². The summed E-state index contributed by atoms with van der Waals surface area (Å²) in [6.45, 7) is 7.89. The van der Waals surface area contributed by atoms with Crippen molar-refractivity contribution in [3.8, 4) is 5.75 Å². The molecule has 0 aliphatic carbocycles. The average molecular weight is 378 g/mol. The third-order valence-corrected chi connectivity index (χ3v) is 4.42. The first kappa shape index (κ1) is 19.6. The number of nitrogens with zero attached hydrogens (tertiary/aromatic N) is 2. The molecule has 26 heavy (non-hydrogen) atoms. The topological polar surface area (TPSA) is 110 Å². The summed E-state index contributed by atoms with van der Waals surface area (Å²) in [5.41, 5.74) is -0.158. The van der Waals surface area contributed by atoms with E-state index in [4.69, 9.17) is 4.74 Å². The van der Waals surface area contributed by atoms with Crippen molar-refractivity contribution < 1.29 is 17.9 Å². The number of carbonyl (C=O) groups excluding carboxylic acids is 1. The summed E-state index contributed by atoms with van der Waals surface area (Å²) in [6.07, 6.45) is 2.54. The Hall–Kier alpha value is -2.68. The average Bonchev–Trinajstić information content (AvgIpc) is 2.54. The van der Waals surface area contributed by atoms with Crippen LogP contribution < -0.4 is 14.8 Å². The molecule has 2 N–H and O–H groups in total. The van der Waals surface area contributed by atoms with Gasteiger partial charge in [-0.05, 0) is 52.0 Å². The van der Waals surface area contributed by atoms with Gasteiger partial charge in [0.05, 0.1) is 17.1 Å². The van der Waals surface area contributed by atoms with Crippen LogP contribution in [0.15, 0.2) is 41.6 Å². The van der Waals surface area contributed by atoms with E-state index in [-0.39, 0.29) is 22.3 Å². The minimum absolute atomic E-state index is 0.0547. The fraction of sp³-hybridized carbons (Fsp3) is 0.353. The van der Waals surface area contributed by atoms with Gasteiger partial charge < -0.3 is 10.1 Å². The van der Waals surface area contributed by atoms with E-state index < -0.39 is 15.6 Å². The summed E-state index contributed by atoms with van der Waals surface area (Å²) in [5, 5.41) is 2.78. The van der Waals surface area contributed by atoms with Crippen LogP contribution in [-0.2, 0) is 10.0 Å². The number of nitrogens with one attached hydrogen (secondary N) is 2. The van der Waals surface area contributed by atoms with Crippen molar-refractivity contribution in [2.24, 2.45) is 0 Å². The van der Waals surface area contributed by atoms with E-state index in [1.807, 2.05) is 27.7 Å². The molecular weight excluding hydrogens is 356 g/mol. The Bertz CT molecular complexity index is 857. The van der Waals surface area contributed by atoms with Crippen molar-refractivity contribution in [1.82, 2.24) is 15.3 Å². The van der Waals surface area contributed by atoms with E-state index in [2.05, 4.69) is 20.0 Å². The molecule has 8 nitrogen and oxygen atoms in total. The molecule has 9 heteroatoms. The zero-order chi connectivity index (χ0) is 19.4. The summed E-state index contributed by atoms with van der Waals surface area (Å²) in [6, 6.07) is 5.99. The molecule has 0 aliphatic rings. The van der Waals surface area contributed by atoms with Gasteiger partial charge in [-0.2, -0.15) is 0 Å². The van der Waals surface area contributed by atoms with E-state index >= 15 is 0 Å². The molecule has 0 fully saturated rings. The van der Waals surface area contributed by atoms with Gasteiger partial charge in [0.1, 0.15) is 5.75 Å². The van der Waals surface area contributed by atoms with Crippen molar-refractivity contribution in [1.29, 1.82) is 0 Å². The van der Waals surface area contributed by atoms with Crippen molar-refractivity contribution in [3.63, 3.8) is 0 Å². The molecular formula is C17H22N4O4S. The number of hydrogen-bond acceptors (Lipinski definition) is 6. The first-order chi connectivity index (χ1) is 12.1. The molecule has 0 radical (unpaired) electrons. The van der Waals surface area contributed by atoms with E-state index in [0.29, 0.717) is 12.4 Å². The van der Waals surface area contributed by atoms with Gasteiger partial charge in [0.25, 0.3) is 15.9 Å². The molecule has 0 spiro atoms. The predicted molar refractivity (Wildman–Crippen MR) is 97.7 cm³/mol. The molecule has 0 atom stereocenters. The standard InChI is InChI=1S/C17H22N4O4S/c1-5-25-13-6-8-14(9-7-13)26(23,24)21-16-18-10-12(11-19-16)15(22)20-17(2,3)4/h6-11H,5H2,1-4H3,(H,20,22)(H,18,19,21). The minimum atomic E-state index is -3.84. The number of rotatable bonds is 6. The third kappa shape index (κ3) is 5.41. The largest absolute Gasteiger partial charge is 0.494 e. The Kier molecular flexibility index (Phi) is 5.81. The Morgan fingerprint density at radius 1 is 1.12 bits per heavy atom. The first-order valence-corrected chi connectivity index (χ1v) is 9.49. The molecule has 0 saturated carbocycles. The number of sulfonamides is 1. The molecule has 140 valence electrons. The van der Waals surface area contributed by atoms with E-state index in [9.17, 15) is 13.2 Å². The SMILES string of the molecule is CCOc1ccc(S(=O)(=O)Nc2ncc(C(=O)NC(C)(C)C)cn2)cc1. The summed E-state index contributed by atoms with van der Waals surface area (Å²) in [7, 11) is -3.84. The Balaban J connectivity index is 2.11. The summed E-state index contributed by atoms with van der Waals surface area (Å²) >= 11 is 0. The van der Waals surface area contributed by atoms with Crippen LogP contribution in [0.1, 0.15) is 38.1 Å². The van der Waals surface area contributed by atoms with Crippen molar-refractivity contribution in [3.05, 3.63) is 42.2 Å². The normalized spacial score (nSPS) is 11.7. The van der Waals surface area contributed by atoms with Gasteiger partial charge in [-0.25, -0.2) is 23.1 Å². The maximum atomic E-state index is 12.4. The fourth-order valence-electron chi connectivity index (χ4n) is 1.97. The van der Waals surface area contributed by atoms with Crippen LogP contribution in [0.25, 0.3) is 0 Å². The number of hydrogen-bond donors (Lipinski definition) is 2. The van der Waals surface area contributed by atoms with Crippen LogP contribution in [0.3, 0.4) is 0 Å². The van der Waals surface area contributed by atoms with Crippen LogP contribution in [0, 0.1) is 0 Å². The quantitative estimate of drug-likeness (QED) is 0.797. The van der Waals surface area contributed by atoms with Crippen LogP contribution in [0.4, 0.5) is 5.95 Å². The second-order valence-electron chi connectivity index (χ2n) is 6.51. The molecule has 2 aromatic rings. The highest BCUT2D eigenvalue weighted by Crippen LogP contribution is 2.18. The molecule has 0 aliphatic heterocycles. The van der Waals surface area contributed by atoms with Crippen LogP contribution >= 0.6 is 0 Å². The second-order valence-corrected chi connectivity index (χ2v) is 8.19. The Morgan fingerprint density at radius 2 is 1.69 bits per heavy atom. The fourth-order valence-corrected chi connectivity index (χ4v) is 2.93. The maximum absolute atomic E-state index is 12.4. The van der Waals surface area contributed by atoms with Gasteiger partial charge in [-0.15, -0.1) is 0 Å². The summed E-state index contributed by atoms with van der Waals surface area (Å²) in [5.74, 6) is 0.126. The number of amides is 1. The lowest BCUT2D eigenvalue weighted by Gasteiger charge is -2.20. The highest BCUT2D eigenvalue weighted by Gasteiger charge is 2.18. The molecule has 1 aromatic heterocycles. The lowest BCUT2D eigenvalue weighted by molar-refractivity contribution is 0.0919. The highest BCUT2D eigenvalue weighted by atomic mass is 32.2. The maximum Gasteiger partial charge on any atom is 0.264 e. The van der Waals surface area contributed by atoms with Gasteiger partial charge in [-0.3, -0.25) is 4.79 Å². The molecule has 0 bridgehead atoms. The van der Waals surface area contributed by atoms with Gasteiger partial charge in [0, 0.05) is 17.9 Å². The minimum Gasteiger partial charge on any atom is -0.494 e. The summed E-state index contributed by atoms with van der Waals surface area (Å²) < 4.78 is 32.3. The lowest BCUT2D eigenvalue weighted by atomic mass is 10.1. The van der Waals surface area contributed by atoms with E-state index in [1.165, 1.54) is 24.5 Å². The molecule has 1 amide bonds. The number of anilines is 1. The molecule has 1 heterocycles. The number of ether oxygens (including phenoxy) is 1. The van der Waals surface area contributed by atoms with Gasteiger partial charge in [0.2, 0.25) is 5.95 Å². The van der Waals surface area contributed by atoms with E-state index in [0.717, 1.165) is 0 Å². The zero-order valence-electron chi connectivity index (χ0n) is 15.1. The van der Waals surface area contributed by atoms with Gasteiger partial charge in [0.15, 0.2) is 0 Å². The third-order valence-electron chi connectivity index (χ3n) is 3.07. The van der Waals surface area contributed by atoms with Crippen molar-refractivity contribution in [2.75, 3.05) is 11.3 Å². The Morgan fingerprint density at radius 3 is 2.19 bits per heavy atom. The Labute approximate surface area is 153 Å². The number of benzene rings is 1. The molecule has 2 rings (SSSR count). The van der Waals surface area contributed by atoms with Crippen LogP contribution in [0.2, 0.25) is 0 Å². The van der Waals surface area contributed by atoms with Gasteiger partial charge >= 0.3 is 0 Å². The van der Waals surface area contributed by atoms with Crippen LogP contribution in [-0.4, -0.2) is 36.4 Å². The smallest absolute Gasteiger partial charge is 0.264 e. The van der Waals surface area contributed by atoms with Crippen molar-refractivity contribution >= 4 is 21.9 Å². The first-order valence-electron chi connectivity index (χ1n) is 8.01. The highest BCUT2D eigenvalue weighted by molar-refractivity contribution is 7.92. The lowest BCUT2D eigenvalue weighted by Crippen LogP contribution is -2.40. The molecule has 0 unspecified atom stereocenters. The number of aromatic nitrogens is 2. The zero-order valence-corrected chi connectivity index (χ0v) is 15.9. The molecule has 0 saturated heterocycles. The number of carbonyl (C=O) groups is 1. The monoisotopic (exact) mass is 378 g/mol. The second kappa shape index (κ2) is 7.69.